The van der Waals surface area contributed by atoms with Gasteiger partial charge in [-0.05, 0) is 30.7 Å². The van der Waals surface area contributed by atoms with Gasteiger partial charge in [0.2, 0.25) is 0 Å². The van der Waals surface area contributed by atoms with Crippen molar-refractivity contribution in [3.8, 4) is 5.75 Å². The van der Waals surface area contributed by atoms with Gasteiger partial charge >= 0.3 is 0 Å². The molecule has 120 valence electrons. The third-order valence-electron chi connectivity index (χ3n) is 3.61. The van der Waals surface area contributed by atoms with E-state index in [9.17, 15) is 9.59 Å². The molecule has 0 fully saturated rings. The largest absolute Gasteiger partial charge is 0.494 e. The Hall–Kier alpha value is -2.42. The van der Waals surface area contributed by atoms with Gasteiger partial charge in [0, 0.05) is 11.1 Å². The van der Waals surface area contributed by atoms with Gasteiger partial charge in [0.25, 0.3) is 0 Å². The van der Waals surface area contributed by atoms with E-state index in [0.717, 1.165) is 25.0 Å². The number of carbonyl (C=O) groups is 2. The van der Waals surface area contributed by atoms with Crippen LogP contribution in [0, 0.1) is 0 Å². The number of ether oxygens (including phenoxy) is 1. The van der Waals surface area contributed by atoms with Crippen LogP contribution in [-0.2, 0) is 0 Å². The van der Waals surface area contributed by atoms with E-state index in [0.29, 0.717) is 17.7 Å². The van der Waals surface area contributed by atoms with Crippen LogP contribution in [0.15, 0.2) is 54.6 Å². The zero-order valence-electron chi connectivity index (χ0n) is 13.5. The molecule has 0 aliphatic rings. The zero-order valence-corrected chi connectivity index (χ0v) is 13.5. The maximum absolute atomic E-state index is 12.2. The Kier molecular flexibility index (Phi) is 6.55. The summed E-state index contributed by atoms with van der Waals surface area (Å²) < 4.78 is 5.61. The van der Waals surface area contributed by atoms with Gasteiger partial charge in [-0.3, -0.25) is 9.59 Å². The Morgan fingerprint density at radius 1 is 0.826 bits per heavy atom. The molecule has 2 aromatic carbocycles. The van der Waals surface area contributed by atoms with Crippen molar-refractivity contribution in [3.63, 3.8) is 0 Å². The number of hydrogen-bond acceptors (Lipinski definition) is 3. The molecule has 0 unspecified atom stereocenters. The third kappa shape index (κ3) is 5.37. The Morgan fingerprint density at radius 3 is 2.04 bits per heavy atom. The highest BCUT2D eigenvalue weighted by atomic mass is 16.5. The van der Waals surface area contributed by atoms with E-state index in [-0.39, 0.29) is 18.0 Å². The summed E-state index contributed by atoms with van der Waals surface area (Å²) in [6.45, 7) is 2.84. The zero-order chi connectivity index (χ0) is 16.5. The van der Waals surface area contributed by atoms with Crippen molar-refractivity contribution >= 4 is 11.6 Å². The SMILES string of the molecule is CCCCCOc1ccc(C(=O)CC(=O)c2ccccc2)cc1. The van der Waals surface area contributed by atoms with E-state index >= 15 is 0 Å². The van der Waals surface area contributed by atoms with Gasteiger partial charge in [-0.25, -0.2) is 0 Å². The van der Waals surface area contributed by atoms with Gasteiger partial charge in [0.05, 0.1) is 13.0 Å². The lowest BCUT2D eigenvalue weighted by Crippen LogP contribution is -2.08. The minimum atomic E-state index is -0.170. The second kappa shape index (κ2) is 8.89. The summed E-state index contributed by atoms with van der Waals surface area (Å²) in [7, 11) is 0. The van der Waals surface area contributed by atoms with Crippen molar-refractivity contribution in [2.24, 2.45) is 0 Å². The molecule has 0 aliphatic heterocycles. The fraction of sp³-hybridized carbons (Fsp3) is 0.300. The van der Waals surface area contributed by atoms with Crippen molar-refractivity contribution in [1.29, 1.82) is 0 Å². The fourth-order valence-corrected chi connectivity index (χ4v) is 2.25. The van der Waals surface area contributed by atoms with Gasteiger partial charge in [-0.15, -0.1) is 0 Å². The molecule has 3 heteroatoms. The number of hydrogen-bond donors (Lipinski definition) is 0. The van der Waals surface area contributed by atoms with Crippen LogP contribution >= 0.6 is 0 Å². The van der Waals surface area contributed by atoms with E-state index in [1.165, 1.54) is 0 Å². The molecule has 0 heterocycles. The minimum absolute atomic E-state index is 0.110. The Morgan fingerprint density at radius 2 is 1.43 bits per heavy atom. The molecule has 0 spiro atoms. The second-order valence-corrected chi connectivity index (χ2v) is 5.47. The fourth-order valence-electron chi connectivity index (χ4n) is 2.25. The van der Waals surface area contributed by atoms with Crippen LogP contribution in [0.4, 0.5) is 0 Å². The van der Waals surface area contributed by atoms with Crippen LogP contribution in [0.5, 0.6) is 5.75 Å². The van der Waals surface area contributed by atoms with Crippen molar-refractivity contribution < 1.29 is 14.3 Å². The molecule has 0 atom stereocenters. The van der Waals surface area contributed by atoms with E-state index in [1.54, 1.807) is 48.5 Å². The number of rotatable bonds is 9. The molecular weight excluding hydrogens is 288 g/mol. The van der Waals surface area contributed by atoms with Crippen molar-refractivity contribution in [2.75, 3.05) is 6.61 Å². The maximum Gasteiger partial charge on any atom is 0.170 e. The van der Waals surface area contributed by atoms with Crippen LogP contribution in [0.25, 0.3) is 0 Å². The van der Waals surface area contributed by atoms with Gasteiger partial charge in [0.15, 0.2) is 11.6 Å². The normalized spacial score (nSPS) is 10.3. The average molecular weight is 310 g/mol. The van der Waals surface area contributed by atoms with E-state index < -0.39 is 0 Å². The molecule has 0 aliphatic carbocycles. The Labute approximate surface area is 137 Å². The summed E-state index contributed by atoms with van der Waals surface area (Å²) in [6.07, 6.45) is 3.23. The van der Waals surface area contributed by atoms with Gasteiger partial charge in [-0.1, -0.05) is 50.1 Å². The Balaban J connectivity index is 1.89. The topological polar surface area (TPSA) is 43.4 Å². The molecule has 0 N–H and O–H groups in total. The van der Waals surface area contributed by atoms with E-state index in [4.69, 9.17) is 4.74 Å². The average Bonchev–Trinajstić information content (AvgIpc) is 2.60. The molecule has 2 rings (SSSR count). The number of Topliss-reactive ketones (excluding diaryl/α,β-unsaturated/α-hetero) is 2. The smallest absolute Gasteiger partial charge is 0.170 e. The van der Waals surface area contributed by atoms with Crippen LogP contribution in [0.1, 0.15) is 53.3 Å². The van der Waals surface area contributed by atoms with E-state index in [2.05, 4.69) is 6.92 Å². The van der Waals surface area contributed by atoms with Crippen molar-refractivity contribution in [2.45, 2.75) is 32.6 Å². The molecule has 0 bridgehead atoms. The molecule has 0 saturated heterocycles. The van der Waals surface area contributed by atoms with Crippen LogP contribution in [0.2, 0.25) is 0 Å². The number of unbranched alkanes of at least 4 members (excludes halogenated alkanes) is 2. The summed E-state index contributed by atoms with van der Waals surface area (Å²) >= 11 is 0. The molecule has 2 aromatic rings. The van der Waals surface area contributed by atoms with Crippen molar-refractivity contribution in [1.82, 2.24) is 0 Å². The first kappa shape index (κ1) is 16.9. The minimum Gasteiger partial charge on any atom is -0.494 e. The number of benzene rings is 2. The van der Waals surface area contributed by atoms with Gasteiger partial charge < -0.3 is 4.74 Å². The second-order valence-electron chi connectivity index (χ2n) is 5.47. The maximum atomic E-state index is 12.2. The van der Waals surface area contributed by atoms with Crippen LogP contribution < -0.4 is 4.74 Å². The predicted molar refractivity (Wildman–Crippen MR) is 91.2 cm³/mol. The van der Waals surface area contributed by atoms with E-state index in [1.807, 2.05) is 6.07 Å². The molecule has 0 radical (unpaired) electrons. The Bertz CT molecular complexity index is 630. The van der Waals surface area contributed by atoms with Gasteiger partial charge in [0.1, 0.15) is 5.75 Å². The first-order chi connectivity index (χ1) is 11.2. The molecule has 0 saturated carbocycles. The highest BCUT2D eigenvalue weighted by Gasteiger charge is 2.13. The summed E-state index contributed by atoms with van der Waals surface area (Å²) in [4.78, 5) is 24.2. The van der Waals surface area contributed by atoms with Gasteiger partial charge in [-0.2, -0.15) is 0 Å². The summed E-state index contributed by atoms with van der Waals surface area (Å²) in [5.41, 5.74) is 1.10. The number of carbonyl (C=O) groups excluding carboxylic acids is 2. The molecule has 0 amide bonds. The van der Waals surface area contributed by atoms with Crippen molar-refractivity contribution in [3.05, 3.63) is 65.7 Å². The third-order valence-corrected chi connectivity index (χ3v) is 3.61. The quantitative estimate of drug-likeness (QED) is 0.383. The number of ketones is 2. The molecule has 3 nitrogen and oxygen atoms in total. The molecule has 23 heavy (non-hydrogen) atoms. The monoisotopic (exact) mass is 310 g/mol. The molecule has 0 aromatic heterocycles. The summed E-state index contributed by atoms with van der Waals surface area (Å²) in [5.74, 6) is 0.430. The van der Waals surface area contributed by atoms with Crippen LogP contribution in [-0.4, -0.2) is 18.2 Å². The lowest BCUT2D eigenvalue weighted by atomic mass is 10.0. The highest BCUT2D eigenvalue weighted by molar-refractivity contribution is 6.13. The predicted octanol–water partition coefficient (Wildman–Crippen LogP) is 4.71. The lowest BCUT2D eigenvalue weighted by Gasteiger charge is -2.06. The first-order valence-electron chi connectivity index (χ1n) is 8.05. The first-order valence-corrected chi connectivity index (χ1v) is 8.05. The highest BCUT2D eigenvalue weighted by Crippen LogP contribution is 2.15. The summed E-state index contributed by atoms with van der Waals surface area (Å²) in [5, 5.41) is 0. The summed E-state index contributed by atoms with van der Waals surface area (Å²) in [6, 6.07) is 15.9. The van der Waals surface area contributed by atoms with Crippen LogP contribution in [0.3, 0.4) is 0 Å². The molecular formula is C20H22O3. The standard InChI is InChI=1S/C20H22O3/c1-2-3-7-14-23-18-12-10-17(11-13-18)20(22)15-19(21)16-8-5-4-6-9-16/h4-6,8-13H,2-3,7,14-15H2,1H3. The lowest BCUT2D eigenvalue weighted by molar-refractivity contribution is 0.0894.